The first kappa shape index (κ1) is 13.9. The highest BCUT2D eigenvalue weighted by Crippen LogP contribution is 2.46. The summed E-state index contributed by atoms with van der Waals surface area (Å²) in [5.41, 5.74) is 4.90. The van der Waals surface area contributed by atoms with Crippen molar-refractivity contribution in [3.8, 4) is 0 Å². The molecule has 3 heteroatoms. The maximum absolute atomic E-state index is 13.8. The Balaban J connectivity index is 1.87. The molecular formula is C19H20FNO. The van der Waals surface area contributed by atoms with Crippen LogP contribution in [0, 0.1) is 5.82 Å². The first-order valence-corrected chi connectivity index (χ1v) is 7.91. The van der Waals surface area contributed by atoms with E-state index in [1.165, 1.54) is 16.7 Å². The number of halogens is 1. The number of hydrogen-bond donors (Lipinski definition) is 1. The van der Waals surface area contributed by atoms with E-state index in [0.717, 1.165) is 18.4 Å². The third-order valence-electron chi connectivity index (χ3n) is 5.04. The molecule has 2 aromatic carbocycles. The lowest BCUT2D eigenvalue weighted by Gasteiger charge is -2.36. The zero-order chi connectivity index (χ0) is 15.1. The average molecular weight is 297 g/mol. The molecule has 0 bridgehead atoms. The van der Waals surface area contributed by atoms with E-state index in [0.29, 0.717) is 12.6 Å². The fourth-order valence-corrected chi connectivity index (χ4v) is 3.89. The van der Waals surface area contributed by atoms with Gasteiger partial charge in [0.25, 0.3) is 0 Å². The highest BCUT2D eigenvalue weighted by Gasteiger charge is 2.37. The molecule has 0 saturated carbocycles. The lowest BCUT2D eigenvalue weighted by molar-refractivity contribution is -0.0190. The van der Waals surface area contributed by atoms with Crippen molar-refractivity contribution in [3.63, 3.8) is 0 Å². The Labute approximate surface area is 130 Å². The Bertz CT molecular complexity index is 700. The molecule has 0 amide bonds. The summed E-state index contributed by atoms with van der Waals surface area (Å²) >= 11 is 0. The van der Waals surface area contributed by atoms with Crippen molar-refractivity contribution in [2.75, 3.05) is 13.7 Å². The van der Waals surface area contributed by atoms with Gasteiger partial charge in [-0.3, -0.25) is 0 Å². The van der Waals surface area contributed by atoms with Crippen molar-refractivity contribution in [2.45, 2.75) is 30.9 Å². The largest absolute Gasteiger partial charge is 0.371 e. The highest BCUT2D eigenvalue weighted by atomic mass is 19.1. The SMILES string of the molecule is CN[C@@H]1CO[C@@H]2c3cc(F)ccc3Cc3ccccc3[C@H]2C1. The summed E-state index contributed by atoms with van der Waals surface area (Å²) in [6, 6.07) is 14.1. The summed E-state index contributed by atoms with van der Waals surface area (Å²) < 4.78 is 20.0. The summed E-state index contributed by atoms with van der Waals surface area (Å²) in [7, 11) is 1.98. The van der Waals surface area contributed by atoms with Crippen LogP contribution in [0.4, 0.5) is 4.39 Å². The van der Waals surface area contributed by atoms with Crippen molar-refractivity contribution in [3.05, 3.63) is 70.5 Å². The topological polar surface area (TPSA) is 21.3 Å². The van der Waals surface area contributed by atoms with E-state index < -0.39 is 0 Å². The molecule has 1 saturated heterocycles. The minimum atomic E-state index is -0.178. The zero-order valence-corrected chi connectivity index (χ0v) is 12.7. The molecule has 0 aromatic heterocycles. The van der Waals surface area contributed by atoms with Crippen LogP contribution in [0.1, 0.15) is 40.7 Å². The Morgan fingerprint density at radius 3 is 2.77 bits per heavy atom. The first-order valence-electron chi connectivity index (χ1n) is 7.91. The summed E-state index contributed by atoms with van der Waals surface area (Å²) in [4.78, 5) is 0. The second-order valence-electron chi connectivity index (χ2n) is 6.30. The number of hydrogen-bond acceptors (Lipinski definition) is 2. The number of likely N-dealkylation sites (N-methyl/N-ethyl adjacent to an activating group) is 1. The van der Waals surface area contributed by atoms with Crippen LogP contribution in [0.3, 0.4) is 0 Å². The van der Waals surface area contributed by atoms with Crippen LogP contribution in [0.25, 0.3) is 0 Å². The molecule has 2 aromatic rings. The summed E-state index contributed by atoms with van der Waals surface area (Å²) in [6.07, 6.45) is 1.83. The Morgan fingerprint density at radius 1 is 1.09 bits per heavy atom. The van der Waals surface area contributed by atoms with Gasteiger partial charge in [0.1, 0.15) is 5.82 Å². The van der Waals surface area contributed by atoms with Gasteiger partial charge in [-0.05, 0) is 54.3 Å². The van der Waals surface area contributed by atoms with E-state index in [1.54, 1.807) is 12.1 Å². The fraction of sp³-hybridized carbons (Fsp3) is 0.368. The molecule has 1 heterocycles. The van der Waals surface area contributed by atoms with Gasteiger partial charge in [0.05, 0.1) is 12.7 Å². The van der Waals surface area contributed by atoms with Crippen molar-refractivity contribution in [1.82, 2.24) is 5.32 Å². The van der Waals surface area contributed by atoms with Crippen molar-refractivity contribution in [1.29, 1.82) is 0 Å². The van der Waals surface area contributed by atoms with Crippen molar-refractivity contribution >= 4 is 0 Å². The standard InChI is InChI=1S/C19H20FNO/c1-21-15-10-18-16-5-3-2-4-12(16)8-13-6-7-14(20)9-17(13)19(18)22-11-15/h2-7,9,15,18-19,21H,8,10-11H2,1H3/t15-,18+,19+/m0/s1. The van der Waals surface area contributed by atoms with Crippen LogP contribution in [0.5, 0.6) is 0 Å². The first-order chi connectivity index (χ1) is 10.8. The minimum absolute atomic E-state index is 0.0426. The number of ether oxygens (including phenoxy) is 1. The highest BCUT2D eigenvalue weighted by molar-refractivity contribution is 5.44. The van der Waals surface area contributed by atoms with Gasteiger partial charge in [0.15, 0.2) is 0 Å². The maximum atomic E-state index is 13.8. The molecule has 2 aliphatic rings. The number of fused-ring (bicyclic) bond motifs is 5. The molecule has 3 atom stereocenters. The van der Waals surface area contributed by atoms with Gasteiger partial charge in [-0.25, -0.2) is 4.39 Å². The predicted molar refractivity (Wildman–Crippen MR) is 84.5 cm³/mol. The Morgan fingerprint density at radius 2 is 1.91 bits per heavy atom. The van der Waals surface area contributed by atoms with E-state index in [-0.39, 0.29) is 17.8 Å². The van der Waals surface area contributed by atoms with Gasteiger partial charge in [0, 0.05) is 12.0 Å². The molecule has 0 spiro atoms. The quantitative estimate of drug-likeness (QED) is 0.869. The van der Waals surface area contributed by atoms with Gasteiger partial charge in [-0.15, -0.1) is 0 Å². The maximum Gasteiger partial charge on any atom is 0.123 e. The lowest BCUT2D eigenvalue weighted by atomic mass is 9.82. The van der Waals surface area contributed by atoms with Crippen LogP contribution in [-0.2, 0) is 11.2 Å². The van der Waals surface area contributed by atoms with E-state index in [4.69, 9.17) is 4.74 Å². The molecule has 1 fully saturated rings. The van der Waals surface area contributed by atoms with E-state index in [9.17, 15) is 4.39 Å². The molecule has 114 valence electrons. The van der Waals surface area contributed by atoms with E-state index >= 15 is 0 Å². The van der Waals surface area contributed by atoms with Crippen LogP contribution in [0.2, 0.25) is 0 Å². The molecular weight excluding hydrogens is 277 g/mol. The average Bonchev–Trinajstić information content (AvgIpc) is 2.69. The van der Waals surface area contributed by atoms with Crippen LogP contribution < -0.4 is 5.32 Å². The fourth-order valence-electron chi connectivity index (χ4n) is 3.89. The molecule has 0 radical (unpaired) electrons. The lowest BCUT2D eigenvalue weighted by Crippen LogP contribution is -2.39. The van der Waals surface area contributed by atoms with Crippen molar-refractivity contribution in [2.24, 2.45) is 0 Å². The van der Waals surface area contributed by atoms with E-state index in [2.05, 4.69) is 29.6 Å². The van der Waals surface area contributed by atoms with Gasteiger partial charge >= 0.3 is 0 Å². The van der Waals surface area contributed by atoms with Gasteiger partial charge < -0.3 is 10.1 Å². The number of rotatable bonds is 1. The molecule has 22 heavy (non-hydrogen) atoms. The third-order valence-corrected chi connectivity index (χ3v) is 5.04. The smallest absolute Gasteiger partial charge is 0.123 e. The Hall–Kier alpha value is -1.71. The van der Waals surface area contributed by atoms with Gasteiger partial charge in [0.2, 0.25) is 0 Å². The molecule has 1 N–H and O–H groups in total. The second kappa shape index (κ2) is 5.49. The van der Waals surface area contributed by atoms with Gasteiger partial charge in [-0.1, -0.05) is 30.3 Å². The molecule has 1 aliphatic heterocycles. The van der Waals surface area contributed by atoms with Gasteiger partial charge in [-0.2, -0.15) is 0 Å². The number of benzene rings is 2. The predicted octanol–water partition coefficient (Wildman–Crippen LogP) is 3.56. The Kier molecular flexibility index (Phi) is 3.47. The molecule has 0 unspecified atom stereocenters. The molecule has 2 nitrogen and oxygen atoms in total. The van der Waals surface area contributed by atoms with Crippen LogP contribution in [0.15, 0.2) is 42.5 Å². The monoisotopic (exact) mass is 297 g/mol. The number of nitrogens with one attached hydrogen (secondary N) is 1. The van der Waals surface area contributed by atoms with Crippen LogP contribution in [-0.4, -0.2) is 19.7 Å². The summed E-state index contributed by atoms with van der Waals surface area (Å²) in [5.74, 6) is 0.105. The van der Waals surface area contributed by atoms with Crippen molar-refractivity contribution < 1.29 is 9.13 Å². The second-order valence-corrected chi connectivity index (χ2v) is 6.30. The summed E-state index contributed by atoms with van der Waals surface area (Å²) in [5, 5.41) is 3.32. The summed E-state index contributed by atoms with van der Waals surface area (Å²) in [6.45, 7) is 0.676. The minimum Gasteiger partial charge on any atom is -0.371 e. The van der Waals surface area contributed by atoms with Crippen LogP contribution >= 0.6 is 0 Å². The molecule has 1 aliphatic carbocycles. The zero-order valence-electron chi connectivity index (χ0n) is 12.7. The third kappa shape index (κ3) is 2.25. The van der Waals surface area contributed by atoms with E-state index in [1.807, 2.05) is 13.1 Å². The normalized spacial score (nSPS) is 26.5. The molecule has 4 rings (SSSR count).